The number of amides is 1. The monoisotopic (exact) mass is 334 g/mol. The highest BCUT2D eigenvalue weighted by atomic mass is 35.5. The van der Waals surface area contributed by atoms with E-state index in [4.69, 9.17) is 27.6 Å². The zero-order chi connectivity index (χ0) is 15.5. The number of carbonyl (C=O) groups is 1. The van der Waals surface area contributed by atoms with Gasteiger partial charge in [-0.05, 0) is 30.3 Å². The summed E-state index contributed by atoms with van der Waals surface area (Å²) in [6.45, 7) is 0. The number of anilines is 1. The molecule has 3 rings (SSSR count). The zero-order valence-corrected chi connectivity index (χ0v) is 12.5. The van der Waals surface area contributed by atoms with Crippen LogP contribution in [0.3, 0.4) is 0 Å². The van der Waals surface area contributed by atoms with Gasteiger partial charge in [0.2, 0.25) is 0 Å². The molecule has 110 valence electrons. The van der Waals surface area contributed by atoms with Gasteiger partial charge < -0.3 is 4.42 Å². The lowest BCUT2D eigenvalue weighted by atomic mass is 10.2. The first-order chi connectivity index (χ1) is 10.6. The topological polar surface area (TPSA) is 80.9 Å². The van der Waals surface area contributed by atoms with Crippen molar-refractivity contribution in [2.24, 2.45) is 0 Å². The van der Waals surface area contributed by atoms with Crippen LogP contribution in [0.25, 0.3) is 11.5 Å². The van der Waals surface area contributed by atoms with E-state index < -0.39 is 5.91 Å². The second-order valence-electron chi connectivity index (χ2n) is 4.27. The van der Waals surface area contributed by atoms with Gasteiger partial charge in [-0.15, -0.1) is 5.10 Å². The Morgan fingerprint density at radius 1 is 1.14 bits per heavy atom. The third kappa shape index (κ3) is 3.24. The Hall–Kier alpha value is -2.44. The fourth-order valence-electron chi connectivity index (χ4n) is 1.73. The van der Waals surface area contributed by atoms with Crippen molar-refractivity contribution in [1.29, 1.82) is 0 Å². The molecule has 8 heteroatoms. The van der Waals surface area contributed by atoms with Crippen molar-refractivity contribution in [3.8, 4) is 11.5 Å². The van der Waals surface area contributed by atoms with E-state index in [1.165, 1.54) is 18.2 Å². The third-order valence-corrected chi connectivity index (χ3v) is 3.12. The van der Waals surface area contributed by atoms with Crippen LogP contribution in [-0.4, -0.2) is 21.1 Å². The van der Waals surface area contributed by atoms with Crippen molar-refractivity contribution < 1.29 is 9.21 Å². The van der Waals surface area contributed by atoms with Gasteiger partial charge in [-0.25, -0.2) is 0 Å². The molecule has 22 heavy (non-hydrogen) atoms. The molecule has 2 aromatic heterocycles. The molecular formula is C14H8Cl2N4O2. The predicted octanol–water partition coefficient (Wildman–Crippen LogP) is 3.69. The lowest BCUT2D eigenvalue weighted by Gasteiger charge is -2.02. The minimum atomic E-state index is -0.453. The first-order valence-corrected chi connectivity index (χ1v) is 6.89. The highest BCUT2D eigenvalue weighted by Crippen LogP contribution is 2.21. The minimum absolute atomic E-state index is 0.0278. The third-order valence-electron chi connectivity index (χ3n) is 2.68. The Kier molecular flexibility index (Phi) is 4.04. The largest absolute Gasteiger partial charge is 0.403 e. The van der Waals surface area contributed by atoms with Crippen molar-refractivity contribution >= 4 is 35.1 Å². The van der Waals surface area contributed by atoms with Gasteiger partial charge in [-0.2, -0.15) is 0 Å². The van der Waals surface area contributed by atoms with Gasteiger partial charge in [0.15, 0.2) is 0 Å². The Labute approximate surface area is 135 Å². The number of hydrogen-bond donors (Lipinski definition) is 1. The molecule has 0 aliphatic carbocycles. The van der Waals surface area contributed by atoms with Crippen LogP contribution >= 0.6 is 23.2 Å². The molecule has 3 aromatic rings. The van der Waals surface area contributed by atoms with Crippen LogP contribution in [-0.2, 0) is 0 Å². The fourth-order valence-corrected chi connectivity index (χ4v) is 2.26. The molecule has 0 radical (unpaired) electrons. The number of halogens is 2. The minimum Gasteiger partial charge on any atom is -0.403 e. The predicted molar refractivity (Wildman–Crippen MR) is 81.9 cm³/mol. The molecule has 6 nitrogen and oxygen atoms in total. The van der Waals surface area contributed by atoms with E-state index in [9.17, 15) is 4.79 Å². The van der Waals surface area contributed by atoms with E-state index in [1.807, 2.05) is 0 Å². The average Bonchev–Trinajstić information content (AvgIpc) is 2.95. The van der Waals surface area contributed by atoms with Crippen LogP contribution in [0.15, 0.2) is 47.1 Å². The highest BCUT2D eigenvalue weighted by molar-refractivity contribution is 6.35. The first-order valence-electron chi connectivity index (χ1n) is 6.13. The average molecular weight is 335 g/mol. The second kappa shape index (κ2) is 6.13. The summed E-state index contributed by atoms with van der Waals surface area (Å²) >= 11 is 11.7. The number of benzene rings is 1. The van der Waals surface area contributed by atoms with Crippen LogP contribution in [0.2, 0.25) is 10.0 Å². The number of carbonyl (C=O) groups excluding carboxylic acids is 1. The molecule has 1 aromatic carbocycles. The number of pyridine rings is 1. The Balaban J connectivity index is 1.79. The Morgan fingerprint density at radius 2 is 1.91 bits per heavy atom. The number of nitrogens with one attached hydrogen (secondary N) is 1. The Bertz CT molecular complexity index is 800. The van der Waals surface area contributed by atoms with Gasteiger partial charge in [0.1, 0.15) is 0 Å². The van der Waals surface area contributed by atoms with Gasteiger partial charge in [0.25, 0.3) is 11.8 Å². The summed E-state index contributed by atoms with van der Waals surface area (Å²) in [4.78, 5) is 16.0. The summed E-state index contributed by atoms with van der Waals surface area (Å²) in [6.07, 6.45) is 3.21. The summed E-state index contributed by atoms with van der Waals surface area (Å²) in [5.41, 5.74) is 0.944. The zero-order valence-electron chi connectivity index (χ0n) is 11.0. The maximum absolute atomic E-state index is 12.1. The SMILES string of the molecule is O=C(Nc1nnc(-c2cccnc2)o1)c1cc(Cl)cc(Cl)c1. The number of nitrogens with zero attached hydrogens (tertiary/aromatic N) is 3. The molecule has 0 aliphatic heterocycles. The number of hydrogen-bond acceptors (Lipinski definition) is 5. The summed E-state index contributed by atoms with van der Waals surface area (Å²) in [6, 6.07) is 7.99. The molecule has 1 N–H and O–H groups in total. The molecule has 0 bridgehead atoms. The summed E-state index contributed by atoms with van der Waals surface area (Å²) in [7, 11) is 0. The molecule has 1 amide bonds. The molecule has 0 unspecified atom stereocenters. The second-order valence-corrected chi connectivity index (χ2v) is 5.14. The van der Waals surface area contributed by atoms with Crippen LogP contribution in [0.5, 0.6) is 0 Å². The van der Waals surface area contributed by atoms with E-state index in [-0.39, 0.29) is 11.9 Å². The lowest BCUT2D eigenvalue weighted by molar-refractivity contribution is 0.102. The smallest absolute Gasteiger partial charge is 0.322 e. The highest BCUT2D eigenvalue weighted by Gasteiger charge is 2.13. The summed E-state index contributed by atoms with van der Waals surface area (Å²) < 4.78 is 5.36. The lowest BCUT2D eigenvalue weighted by Crippen LogP contribution is -2.12. The number of rotatable bonds is 3. The van der Waals surface area contributed by atoms with E-state index in [0.717, 1.165) is 0 Å². The first kappa shape index (κ1) is 14.5. The van der Waals surface area contributed by atoms with Crippen LogP contribution in [0.1, 0.15) is 10.4 Å². The fraction of sp³-hybridized carbons (Fsp3) is 0. The van der Waals surface area contributed by atoms with Gasteiger partial charge in [0.05, 0.1) is 5.56 Å². The van der Waals surface area contributed by atoms with Gasteiger partial charge >= 0.3 is 6.01 Å². The molecule has 0 fully saturated rings. The van der Waals surface area contributed by atoms with E-state index in [1.54, 1.807) is 24.5 Å². The van der Waals surface area contributed by atoms with Crippen LogP contribution in [0, 0.1) is 0 Å². The van der Waals surface area contributed by atoms with E-state index in [0.29, 0.717) is 21.2 Å². The molecule has 0 saturated heterocycles. The van der Waals surface area contributed by atoms with Crippen molar-refractivity contribution in [3.05, 3.63) is 58.3 Å². The van der Waals surface area contributed by atoms with Crippen molar-refractivity contribution in [3.63, 3.8) is 0 Å². The molecule has 0 aliphatic rings. The van der Waals surface area contributed by atoms with Crippen molar-refractivity contribution in [2.75, 3.05) is 5.32 Å². The van der Waals surface area contributed by atoms with Crippen molar-refractivity contribution in [1.82, 2.24) is 15.2 Å². The normalized spacial score (nSPS) is 10.5. The molecular weight excluding hydrogens is 327 g/mol. The van der Waals surface area contributed by atoms with Crippen molar-refractivity contribution in [2.45, 2.75) is 0 Å². The Morgan fingerprint density at radius 3 is 2.59 bits per heavy atom. The van der Waals surface area contributed by atoms with Gasteiger partial charge in [-0.3, -0.25) is 15.1 Å². The summed E-state index contributed by atoms with van der Waals surface area (Å²) in [5, 5.41) is 10.8. The molecule has 0 atom stereocenters. The maximum Gasteiger partial charge on any atom is 0.322 e. The van der Waals surface area contributed by atoms with Crippen LogP contribution < -0.4 is 5.32 Å². The maximum atomic E-state index is 12.1. The molecule has 2 heterocycles. The standard InChI is InChI=1S/C14H8Cl2N4O2/c15-10-4-9(5-11(16)6-10)12(21)18-14-20-19-13(22-14)8-2-1-3-17-7-8/h1-7H,(H,18,20,21). The van der Waals surface area contributed by atoms with E-state index >= 15 is 0 Å². The molecule has 0 spiro atoms. The number of aromatic nitrogens is 3. The summed E-state index contributed by atoms with van der Waals surface area (Å²) in [5.74, 6) is -0.196. The van der Waals surface area contributed by atoms with E-state index in [2.05, 4.69) is 20.5 Å². The van der Waals surface area contributed by atoms with Gasteiger partial charge in [-0.1, -0.05) is 28.3 Å². The van der Waals surface area contributed by atoms with Crippen LogP contribution in [0.4, 0.5) is 6.01 Å². The molecule has 0 saturated carbocycles. The quantitative estimate of drug-likeness (QED) is 0.789. The van der Waals surface area contributed by atoms with Gasteiger partial charge in [0, 0.05) is 28.0 Å².